The molecule has 14 heteroatoms. The van der Waals surface area contributed by atoms with Gasteiger partial charge in [0.25, 0.3) is 5.91 Å². The second-order valence-electron chi connectivity index (χ2n) is 9.89. The van der Waals surface area contributed by atoms with Crippen LogP contribution in [0.1, 0.15) is 41.7 Å². The maximum Gasteiger partial charge on any atom is 0.387 e. The summed E-state index contributed by atoms with van der Waals surface area (Å²) in [7, 11) is 0. The van der Waals surface area contributed by atoms with Crippen molar-refractivity contribution in [1.29, 1.82) is 0 Å². The number of amides is 2. The van der Waals surface area contributed by atoms with Gasteiger partial charge in [0.15, 0.2) is 5.65 Å². The third kappa shape index (κ3) is 5.75. The van der Waals surface area contributed by atoms with Crippen LogP contribution in [0.3, 0.4) is 0 Å². The lowest BCUT2D eigenvalue weighted by molar-refractivity contribution is -0.136. The fraction of sp³-hybridized carbons (Fsp3) is 0.346. The molecule has 1 fully saturated rings. The number of aldehydes is 1. The molecular formula is C26H26ClF2N7O4. The lowest BCUT2D eigenvalue weighted by Crippen LogP contribution is -2.47. The Labute approximate surface area is 232 Å². The van der Waals surface area contributed by atoms with Crippen molar-refractivity contribution in [3.05, 3.63) is 70.9 Å². The highest BCUT2D eigenvalue weighted by Gasteiger charge is 2.35. The van der Waals surface area contributed by atoms with Gasteiger partial charge in [-0.2, -0.15) is 13.9 Å². The number of benzene rings is 1. The van der Waals surface area contributed by atoms with Crippen molar-refractivity contribution in [2.75, 3.05) is 19.6 Å². The van der Waals surface area contributed by atoms with Crippen molar-refractivity contribution in [2.24, 2.45) is 5.41 Å². The number of carbonyl (C=O) groups excluding carboxylic acids is 3. The van der Waals surface area contributed by atoms with Crippen LogP contribution in [0.2, 0.25) is 5.02 Å². The van der Waals surface area contributed by atoms with Crippen molar-refractivity contribution < 1.29 is 27.9 Å². The first-order valence-electron chi connectivity index (χ1n) is 12.5. The fourth-order valence-electron chi connectivity index (χ4n) is 4.71. The molecule has 0 aliphatic carbocycles. The number of likely N-dealkylation sites (tertiary alicyclic amines) is 1. The highest BCUT2D eigenvalue weighted by Crippen LogP contribution is 2.36. The number of nitrogens with one attached hydrogen (secondary N) is 2. The first-order valence-corrected chi connectivity index (χ1v) is 12.9. The molecule has 0 radical (unpaired) electrons. The Morgan fingerprint density at radius 3 is 2.83 bits per heavy atom. The van der Waals surface area contributed by atoms with Crippen LogP contribution in [0.5, 0.6) is 5.75 Å². The van der Waals surface area contributed by atoms with E-state index in [4.69, 9.17) is 16.3 Å². The molecule has 11 nitrogen and oxygen atoms in total. The minimum Gasteiger partial charge on any atom is -0.434 e. The number of carbonyl (C=O) groups is 3. The van der Waals surface area contributed by atoms with Gasteiger partial charge in [-0.05, 0) is 37.1 Å². The van der Waals surface area contributed by atoms with Crippen LogP contribution >= 0.6 is 11.6 Å². The molecule has 2 amide bonds. The van der Waals surface area contributed by atoms with Crippen LogP contribution in [0.15, 0.2) is 54.8 Å². The zero-order valence-electron chi connectivity index (χ0n) is 21.4. The van der Waals surface area contributed by atoms with Gasteiger partial charge in [-0.1, -0.05) is 18.5 Å². The van der Waals surface area contributed by atoms with Gasteiger partial charge in [-0.25, -0.2) is 14.9 Å². The van der Waals surface area contributed by atoms with E-state index in [9.17, 15) is 23.2 Å². The third-order valence-corrected chi connectivity index (χ3v) is 7.27. The lowest BCUT2D eigenvalue weighted by atomic mass is 9.82. The maximum absolute atomic E-state index is 13.3. The normalized spacial score (nSPS) is 18.6. The van der Waals surface area contributed by atoms with E-state index < -0.39 is 24.0 Å². The summed E-state index contributed by atoms with van der Waals surface area (Å²) < 4.78 is 32.6. The average molecular weight is 574 g/mol. The van der Waals surface area contributed by atoms with Crippen LogP contribution in [0.25, 0.3) is 5.65 Å². The van der Waals surface area contributed by atoms with Gasteiger partial charge >= 0.3 is 6.61 Å². The Balaban J connectivity index is 1.41. The van der Waals surface area contributed by atoms with E-state index in [0.29, 0.717) is 31.6 Å². The van der Waals surface area contributed by atoms with E-state index in [-0.39, 0.29) is 40.0 Å². The van der Waals surface area contributed by atoms with E-state index in [1.165, 1.54) is 46.3 Å². The molecule has 2 aliphatic heterocycles. The highest BCUT2D eigenvalue weighted by atomic mass is 35.5. The number of hydrazine groups is 1. The number of nitrogens with zero attached hydrogens (tertiary/aromatic N) is 5. The Hall–Kier alpha value is -4.10. The molecule has 0 spiro atoms. The second-order valence-corrected chi connectivity index (χ2v) is 10.3. The summed E-state index contributed by atoms with van der Waals surface area (Å²) in [6, 6.07) is 4.95. The average Bonchev–Trinajstić information content (AvgIpc) is 3.54. The smallest absolute Gasteiger partial charge is 0.387 e. The number of hydrogen-bond acceptors (Lipinski definition) is 8. The number of rotatable bonds is 8. The lowest BCUT2D eigenvalue weighted by Gasteiger charge is -2.36. The molecule has 2 aromatic heterocycles. The van der Waals surface area contributed by atoms with E-state index in [2.05, 4.69) is 20.8 Å². The highest BCUT2D eigenvalue weighted by molar-refractivity contribution is 6.30. The number of piperidine rings is 1. The van der Waals surface area contributed by atoms with E-state index in [1.807, 2.05) is 6.92 Å². The molecule has 5 rings (SSSR count). The molecule has 210 valence electrons. The van der Waals surface area contributed by atoms with Gasteiger partial charge in [-0.15, -0.1) is 0 Å². The molecule has 2 aliphatic rings. The van der Waals surface area contributed by atoms with E-state index in [1.54, 1.807) is 17.2 Å². The number of ether oxygens (including phenoxy) is 1. The fourth-order valence-corrected chi connectivity index (χ4v) is 4.89. The summed E-state index contributed by atoms with van der Waals surface area (Å²) >= 11 is 6.19. The zero-order chi connectivity index (χ0) is 28.4. The number of hydrogen-bond donors (Lipinski definition) is 2. The number of aromatic nitrogens is 3. The van der Waals surface area contributed by atoms with Crippen LogP contribution < -0.4 is 15.5 Å². The van der Waals surface area contributed by atoms with E-state index >= 15 is 0 Å². The molecule has 1 saturated heterocycles. The maximum atomic E-state index is 13.3. The van der Waals surface area contributed by atoms with Crippen LogP contribution in [0.4, 0.5) is 8.78 Å². The van der Waals surface area contributed by atoms with Crippen molar-refractivity contribution >= 4 is 35.3 Å². The molecular weight excluding hydrogens is 548 g/mol. The summed E-state index contributed by atoms with van der Waals surface area (Å²) in [6.07, 6.45) is 8.10. The summed E-state index contributed by atoms with van der Waals surface area (Å²) in [5.74, 6) is -0.889. The first-order chi connectivity index (χ1) is 19.2. The van der Waals surface area contributed by atoms with Crippen molar-refractivity contribution in [1.82, 2.24) is 35.2 Å². The molecule has 0 bridgehead atoms. The Morgan fingerprint density at radius 2 is 2.10 bits per heavy atom. The molecule has 2 N–H and O–H groups in total. The summed E-state index contributed by atoms with van der Waals surface area (Å²) in [5.41, 5.74) is 3.64. The Morgan fingerprint density at radius 1 is 1.32 bits per heavy atom. The molecule has 0 saturated carbocycles. The molecule has 40 heavy (non-hydrogen) atoms. The van der Waals surface area contributed by atoms with Crippen LogP contribution in [0, 0.1) is 5.41 Å². The van der Waals surface area contributed by atoms with Crippen molar-refractivity contribution in [2.45, 2.75) is 32.4 Å². The zero-order valence-corrected chi connectivity index (χ0v) is 22.1. The second kappa shape index (κ2) is 11.2. The standard InChI is InChI=1S/C26H26ClF2N7O4/c1-26(15-37)5-9-34(10-6-26)21(38)14-35-13-19(32-24(39)18-12-31-36-8-2-7-30-23(18)36)22(33-35)17-11-16(27)3-4-20(17)40-25(28)29/h2-4,7-8,11-13,15,22,25,33H,5-6,9-10,14H2,1H3,(H,32,39). The van der Waals surface area contributed by atoms with Gasteiger partial charge in [0.05, 0.1) is 17.9 Å². The molecule has 4 heterocycles. The topological polar surface area (TPSA) is 121 Å². The number of fused-ring (bicyclic) bond motifs is 1. The van der Waals surface area contributed by atoms with E-state index in [0.717, 1.165) is 6.29 Å². The quantitative estimate of drug-likeness (QED) is 0.395. The Kier molecular flexibility index (Phi) is 7.68. The van der Waals surface area contributed by atoms with Crippen LogP contribution in [-0.2, 0) is 9.59 Å². The predicted molar refractivity (Wildman–Crippen MR) is 139 cm³/mol. The van der Waals surface area contributed by atoms with Gasteiger partial charge in [0.2, 0.25) is 5.91 Å². The minimum atomic E-state index is -3.10. The molecule has 1 unspecified atom stereocenters. The first kappa shape index (κ1) is 27.5. The van der Waals surface area contributed by atoms with Gasteiger partial charge in [-0.3, -0.25) is 9.59 Å². The minimum absolute atomic E-state index is 0.114. The largest absolute Gasteiger partial charge is 0.434 e. The number of alkyl halides is 2. The van der Waals surface area contributed by atoms with Gasteiger partial charge in [0, 0.05) is 47.7 Å². The van der Waals surface area contributed by atoms with Crippen molar-refractivity contribution in [3.63, 3.8) is 0 Å². The Bertz CT molecular complexity index is 1470. The summed E-state index contributed by atoms with van der Waals surface area (Å²) in [6.45, 7) is -0.475. The van der Waals surface area contributed by atoms with Crippen LogP contribution in [-0.4, -0.2) is 68.9 Å². The van der Waals surface area contributed by atoms with Crippen molar-refractivity contribution in [3.8, 4) is 5.75 Å². The number of halogens is 3. The molecule has 1 aromatic carbocycles. The molecule has 3 aromatic rings. The summed E-state index contributed by atoms with van der Waals surface area (Å²) in [5, 5.41) is 8.66. The predicted octanol–water partition coefficient (Wildman–Crippen LogP) is 2.94. The third-order valence-electron chi connectivity index (χ3n) is 7.03. The monoisotopic (exact) mass is 573 g/mol. The summed E-state index contributed by atoms with van der Waals surface area (Å²) in [4.78, 5) is 43.6. The SMILES string of the molecule is CC1(C=O)CCN(C(=O)CN2C=C(NC(=O)c3cnn4cccnc34)C(c3cc(Cl)ccc3OC(F)F)N2)CC1. The van der Waals surface area contributed by atoms with Gasteiger partial charge < -0.3 is 24.8 Å². The molecule has 1 atom stereocenters. The van der Waals surface area contributed by atoms with Gasteiger partial charge in [0.1, 0.15) is 24.1 Å².